The zero-order chi connectivity index (χ0) is 19.8. The maximum absolute atomic E-state index is 10.7. The fourth-order valence-corrected chi connectivity index (χ4v) is 2.88. The highest BCUT2D eigenvalue weighted by Crippen LogP contribution is 2.13. The first kappa shape index (κ1) is 25.8. The van der Waals surface area contributed by atoms with Crippen molar-refractivity contribution in [2.45, 2.75) is 72.3 Å². The minimum Gasteiger partial charge on any atom is -0.748 e. The summed E-state index contributed by atoms with van der Waals surface area (Å²) in [6, 6.07) is 0. The van der Waals surface area contributed by atoms with Crippen molar-refractivity contribution >= 4 is 10.1 Å². The second-order valence-electron chi connectivity index (χ2n) is 7.11. The Balaban J connectivity index is 4.24. The van der Waals surface area contributed by atoms with Crippen molar-refractivity contribution < 1.29 is 27.2 Å². The quantitative estimate of drug-likeness (QED) is 0.260. The number of hydrogen-bond acceptors (Lipinski definition) is 6. The predicted molar refractivity (Wildman–Crippen MR) is 103 cm³/mol. The van der Waals surface area contributed by atoms with E-state index in [1.54, 1.807) is 0 Å². The first-order valence-electron chi connectivity index (χ1n) is 10.0. The molecule has 158 valence electrons. The average molecular weight is 396 g/mol. The van der Waals surface area contributed by atoms with Gasteiger partial charge in [-0.25, -0.2) is 8.42 Å². The van der Waals surface area contributed by atoms with Gasteiger partial charge in [-0.1, -0.05) is 53.4 Å². The van der Waals surface area contributed by atoms with Crippen LogP contribution in [0.2, 0.25) is 0 Å². The van der Waals surface area contributed by atoms with Gasteiger partial charge in [0.05, 0.1) is 23.3 Å². The van der Waals surface area contributed by atoms with Crippen molar-refractivity contribution in [3.05, 3.63) is 0 Å². The van der Waals surface area contributed by atoms with Crippen molar-refractivity contribution in [3.63, 3.8) is 0 Å². The predicted octanol–water partition coefficient (Wildman–Crippen LogP) is 3.60. The summed E-state index contributed by atoms with van der Waals surface area (Å²) in [6.07, 6.45) is 5.68. The molecule has 0 aromatic carbocycles. The number of ether oxygens (including phenoxy) is 3. The zero-order valence-corrected chi connectivity index (χ0v) is 17.9. The summed E-state index contributed by atoms with van der Waals surface area (Å²) in [6.45, 7) is 11.0. The third-order valence-electron chi connectivity index (χ3n) is 4.50. The lowest BCUT2D eigenvalue weighted by Gasteiger charge is -2.21. The van der Waals surface area contributed by atoms with Crippen LogP contribution in [0.4, 0.5) is 0 Å². The number of hydrogen-bond donors (Lipinski definition) is 0. The van der Waals surface area contributed by atoms with Crippen LogP contribution in [0.5, 0.6) is 0 Å². The molecule has 0 aliphatic heterocycles. The normalized spacial score (nSPS) is 15.7. The molecule has 3 unspecified atom stereocenters. The Labute approximate surface area is 160 Å². The van der Waals surface area contributed by atoms with Gasteiger partial charge in [0.15, 0.2) is 0 Å². The van der Waals surface area contributed by atoms with Gasteiger partial charge >= 0.3 is 0 Å². The van der Waals surface area contributed by atoms with Crippen LogP contribution in [-0.4, -0.2) is 57.9 Å². The molecule has 3 atom stereocenters. The van der Waals surface area contributed by atoms with Crippen LogP contribution in [-0.2, 0) is 24.3 Å². The van der Waals surface area contributed by atoms with E-state index >= 15 is 0 Å². The molecule has 0 fully saturated rings. The molecule has 0 saturated carbocycles. The topological polar surface area (TPSA) is 84.9 Å². The minimum atomic E-state index is -4.19. The van der Waals surface area contributed by atoms with E-state index < -0.39 is 15.9 Å². The van der Waals surface area contributed by atoms with Gasteiger partial charge in [0.25, 0.3) is 0 Å². The van der Waals surface area contributed by atoms with Crippen molar-refractivity contribution in [1.82, 2.24) is 0 Å². The molecule has 0 aromatic rings. The smallest absolute Gasteiger partial charge is 0.104 e. The lowest BCUT2D eigenvalue weighted by molar-refractivity contribution is -0.0686. The molecule has 0 aliphatic carbocycles. The van der Waals surface area contributed by atoms with Crippen LogP contribution in [0, 0.1) is 11.8 Å². The summed E-state index contributed by atoms with van der Waals surface area (Å²) in [5.41, 5.74) is 0. The molecule has 0 aromatic heterocycles. The fraction of sp³-hybridized carbons (Fsp3) is 1.00. The van der Waals surface area contributed by atoms with Crippen molar-refractivity contribution in [2.75, 3.05) is 38.8 Å². The fourth-order valence-electron chi connectivity index (χ4n) is 2.41. The minimum absolute atomic E-state index is 0.196. The van der Waals surface area contributed by atoms with E-state index in [-0.39, 0.29) is 19.1 Å². The second-order valence-corrected chi connectivity index (χ2v) is 8.64. The van der Waals surface area contributed by atoms with Crippen LogP contribution in [0.1, 0.15) is 66.2 Å². The number of rotatable bonds is 18. The van der Waals surface area contributed by atoms with Crippen LogP contribution in [0.25, 0.3) is 0 Å². The van der Waals surface area contributed by atoms with Crippen LogP contribution in [0.3, 0.4) is 0 Å². The lowest BCUT2D eigenvalue weighted by atomic mass is 10.0. The number of unbranched alkanes of at least 4 members (excludes halogenated alkanes) is 1. The van der Waals surface area contributed by atoms with Crippen molar-refractivity contribution in [2.24, 2.45) is 11.8 Å². The first-order valence-corrected chi connectivity index (χ1v) is 11.6. The molecule has 0 amide bonds. The highest BCUT2D eigenvalue weighted by Gasteiger charge is 2.13. The Kier molecular flexibility index (Phi) is 15.7. The summed E-state index contributed by atoms with van der Waals surface area (Å²) < 4.78 is 49.2. The SMILES string of the molecule is CCCCC(CC)COCC(COCC(C)CC)OCCCS(=O)(=O)[O-]. The Hall–Kier alpha value is -0.210. The van der Waals surface area contributed by atoms with Gasteiger partial charge < -0.3 is 18.8 Å². The monoisotopic (exact) mass is 395 g/mol. The molecule has 0 bridgehead atoms. The molecule has 7 heteroatoms. The standard InChI is InChI=1S/C19H40O6S/c1-5-8-10-18(7-3)14-24-16-19(15-23-13-17(4)6-2)25-11-9-12-26(20,21)22/h17-19H,5-16H2,1-4H3,(H,20,21,22)/p-1. The Morgan fingerprint density at radius 1 is 0.923 bits per heavy atom. The van der Waals surface area contributed by atoms with Gasteiger partial charge in [0.2, 0.25) is 0 Å². The second kappa shape index (κ2) is 15.8. The van der Waals surface area contributed by atoms with E-state index in [2.05, 4.69) is 27.7 Å². The Morgan fingerprint density at radius 3 is 2.12 bits per heavy atom. The average Bonchev–Trinajstić information content (AvgIpc) is 2.59. The van der Waals surface area contributed by atoms with E-state index in [9.17, 15) is 13.0 Å². The first-order chi connectivity index (χ1) is 12.3. The highest BCUT2D eigenvalue weighted by atomic mass is 32.2. The molecule has 0 saturated heterocycles. The molecule has 0 N–H and O–H groups in total. The Morgan fingerprint density at radius 2 is 1.58 bits per heavy atom. The zero-order valence-electron chi connectivity index (χ0n) is 17.1. The Bertz CT molecular complexity index is 412. The van der Waals surface area contributed by atoms with Gasteiger partial charge in [0, 0.05) is 25.6 Å². The molecule has 0 spiro atoms. The van der Waals surface area contributed by atoms with Gasteiger partial charge in [-0.15, -0.1) is 0 Å². The van der Waals surface area contributed by atoms with E-state index in [1.165, 1.54) is 19.3 Å². The molecule has 26 heavy (non-hydrogen) atoms. The molecule has 0 radical (unpaired) electrons. The van der Waals surface area contributed by atoms with Crippen LogP contribution < -0.4 is 0 Å². The maximum atomic E-state index is 10.7. The summed E-state index contributed by atoms with van der Waals surface area (Å²) in [5, 5.41) is 0. The van der Waals surface area contributed by atoms with Gasteiger partial charge in [-0.2, -0.15) is 0 Å². The highest BCUT2D eigenvalue weighted by molar-refractivity contribution is 7.85. The maximum Gasteiger partial charge on any atom is 0.104 e. The molecular formula is C19H39O6S-. The van der Waals surface area contributed by atoms with Crippen LogP contribution in [0.15, 0.2) is 0 Å². The van der Waals surface area contributed by atoms with Crippen molar-refractivity contribution in [3.8, 4) is 0 Å². The third-order valence-corrected chi connectivity index (χ3v) is 5.28. The molecule has 6 nitrogen and oxygen atoms in total. The summed E-state index contributed by atoms with van der Waals surface area (Å²) in [7, 11) is -4.19. The van der Waals surface area contributed by atoms with Crippen LogP contribution >= 0.6 is 0 Å². The largest absolute Gasteiger partial charge is 0.748 e. The van der Waals surface area contributed by atoms with E-state index in [0.29, 0.717) is 38.3 Å². The summed E-state index contributed by atoms with van der Waals surface area (Å²) in [4.78, 5) is 0. The van der Waals surface area contributed by atoms with Crippen molar-refractivity contribution in [1.29, 1.82) is 0 Å². The summed E-state index contributed by atoms with van der Waals surface area (Å²) >= 11 is 0. The third kappa shape index (κ3) is 16.0. The van der Waals surface area contributed by atoms with E-state index in [1.807, 2.05) is 0 Å². The van der Waals surface area contributed by atoms with Gasteiger partial charge in [-0.3, -0.25) is 0 Å². The molecule has 0 rings (SSSR count). The van der Waals surface area contributed by atoms with E-state index in [4.69, 9.17) is 14.2 Å². The summed E-state index contributed by atoms with van der Waals surface area (Å²) in [5.74, 6) is 0.645. The molecule has 0 aliphatic rings. The molecular weight excluding hydrogens is 356 g/mol. The lowest BCUT2D eigenvalue weighted by Crippen LogP contribution is -2.28. The van der Waals surface area contributed by atoms with E-state index in [0.717, 1.165) is 12.8 Å². The molecule has 0 heterocycles. The van der Waals surface area contributed by atoms with Gasteiger partial charge in [-0.05, 0) is 24.7 Å². The van der Waals surface area contributed by atoms with Gasteiger partial charge in [0.1, 0.15) is 6.10 Å².